The van der Waals surface area contributed by atoms with Gasteiger partial charge in [-0.1, -0.05) is 6.07 Å². The van der Waals surface area contributed by atoms with Crippen molar-refractivity contribution < 1.29 is 9.53 Å². The predicted molar refractivity (Wildman–Crippen MR) is 88.5 cm³/mol. The number of hydrogen-bond donors (Lipinski definition) is 2. The lowest BCUT2D eigenvalue weighted by Crippen LogP contribution is -2.27. The summed E-state index contributed by atoms with van der Waals surface area (Å²) < 4.78 is 5.17. The summed E-state index contributed by atoms with van der Waals surface area (Å²) >= 11 is 0. The van der Waals surface area contributed by atoms with Gasteiger partial charge in [0.05, 0.1) is 23.5 Å². The number of anilines is 3. The molecule has 6 nitrogen and oxygen atoms in total. The van der Waals surface area contributed by atoms with Gasteiger partial charge in [-0.05, 0) is 51.1 Å². The molecule has 0 fully saturated rings. The number of hydrogen-bond acceptors (Lipinski definition) is 5. The van der Waals surface area contributed by atoms with Crippen molar-refractivity contribution >= 4 is 23.3 Å². The zero-order valence-electron chi connectivity index (χ0n) is 13.3. The van der Waals surface area contributed by atoms with Crippen molar-refractivity contribution in [2.75, 3.05) is 10.6 Å². The number of nitriles is 1. The molecule has 0 radical (unpaired) electrons. The van der Waals surface area contributed by atoms with Crippen LogP contribution in [0.15, 0.2) is 42.6 Å². The van der Waals surface area contributed by atoms with Gasteiger partial charge in [-0.15, -0.1) is 0 Å². The minimum atomic E-state index is -0.551. The molecule has 1 aromatic carbocycles. The van der Waals surface area contributed by atoms with E-state index in [1.165, 1.54) is 6.20 Å². The van der Waals surface area contributed by atoms with Crippen molar-refractivity contribution in [3.8, 4) is 6.07 Å². The van der Waals surface area contributed by atoms with Crippen LogP contribution in [0.1, 0.15) is 26.3 Å². The molecule has 1 heterocycles. The third-order valence-corrected chi connectivity index (χ3v) is 2.67. The van der Waals surface area contributed by atoms with Crippen LogP contribution in [0, 0.1) is 11.3 Å². The summed E-state index contributed by atoms with van der Waals surface area (Å²) in [6, 6.07) is 12.6. The summed E-state index contributed by atoms with van der Waals surface area (Å²) in [6.07, 6.45) is 1.00. The molecule has 0 aliphatic heterocycles. The fourth-order valence-corrected chi connectivity index (χ4v) is 1.78. The number of ether oxygens (including phenoxy) is 1. The molecule has 0 bridgehead atoms. The van der Waals surface area contributed by atoms with E-state index < -0.39 is 11.7 Å². The summed E-state index contributed by atoms with van der Waals surface area (Å²) in [5, 5.41) is 14.6. The minimum absolute atomic E-state index is 0.526. The number of rotatable bonds is 3. The first-order valence-electron chi connectivity index (χ1n) is 7.09. The standard InChI is InChI=1S/C17H18N4O2/c1-17(2,3)23-16(22)21-14-7-8-15(19-11-14)20-13-6-4-5-12(9-13)10-18/h4-9,11H,1-3H3,(H,19,20)(H,21,22). The van der Waals surface area contributed by atoms with Gasteiger partial charge in [0, 0.05) is 5.69 Å². The SMILES string of the molecule is CC(C)(C)OC(=O)Nc1ccc(Nc2cccc(C#N)c2)nc1. The lowest BCUT2D eigenvalue weighted by molar-refractivity contribution is 0.0636. The lowest BCUT2D eigenvalue weighted by Gasteiger charge is -2.19. The normalized spacial score (nSPS) is 10.5. The Bertz CT molecular complexity index is 727. The molecular weight excluding hydrogens is 292 g/mol. The Hall–Kier alpha value is -3.07. The van der Waals surface area contributed by atoms with Crippen LogP contribution >= 0.6 is 0 Å². The molecule has 6 heteroatoms. The van der Waals surface area contributed by atoms with Crippen LogP contribution in [0.4, 0.5) is 22.0 Å². The molecule has 1 amide bonds. The zero-order chi connectivity index (χ0) is 16.9. The van der Waals surface area contributed by atoms with Crippen LogP contribution in [0.25, 0.3) is 0 Å². The number of carbonyl (C=O) groups excluding carboxylic acids is 1. The maximum atomic E-state index is 11.7. The maximum absolute atomic E-state index is 11.7. The number of nitrogens with zero attached hydrogens (tertiary/aromatic N) is 2. The third-order valence-electron chi connectivity index (χ3n) is 2.67. The smallest absolute Gasteiger partial charge is 0.412 e. The van der Waals surface area contributed by atoms with Crippen LogP contribution in [0.5, 0.6) is 0 Å². The maximum Gasteiger partial charge on any atom is 0.412 e. The molecule has 2 rings (SSSR count). The van der Waals surface area contributed by atoms with E-state index in [9.17, 15) is 4.79 Å². The lowest BCUT2D eigenvalue weighted by atomic mass is 10.2. The van der Waals surface area contributed by atoms with Gasteiger partial charge in [-0.25, -0.2) is 9.78 Å². The minimum Gasteiger partial charge on any atom is -0.444 e. The number of aromatic nitrogens is 1. The van der Waals surface area contributed by atoms with Crippen LogP contribution in [0.3, 0.4) is 0 Å². The molecule has 23 heavy (non-hydrogen) atoms. The molecule has 0 saturated heterocycles. The van der Waals surface area contributed by atoms with Crippen molar-refractivity contribution in [1.29, 1.82) is 5.26 Å². The quantitative estimate of drug-likeness (QED) is 0.893. The topological polar surface area (TPSA) is 87.0 Å². The molecule has 0 unspecified atom stereocenters. The van der Waals surface area contributed by atoms with Gasteiger partial charge >= 0.3 is 6.09 Å². The molecule has 0 aliphatic carbocycles. The number of nitrogens with one attached hydrogen (secondary N) is 2. The van der Waals surface area contributed by atoms with E-state index in [0.29, 0.717) is 17.1 Å². The Morgan fingerprint density at radius 1 is 1.22 bits per heavy atom. The van der Waals surface area contributed by atoms with Gasteiger partial charge in [-0.2, -0.15) is 5.26 Å². The summed E-state index contributed by atoms with van der Waals surface area (Å²) in [6.45, 7) is 5.40. The number of carbonyl (C=O) groups is 1. The number of amides is 1. The molecule has 0 atom stereocenters. The molecule has 1 aromatic heterocycles. The molecule has 2 N–H and O–H groups in total. The van der Waals surface area contributed by atoms with Crippen molar-refractivity contribution in [3.63, 3.8) is 0 Å². The van der Waals surface area contributed by atoms with Crippen LogP contribution in [0.2, 0.25) is 0 Å². The van der Waals surface area contributed by atoms with E-state index in [0.717, 1.165) is 5.69 Å². The van der Waals surface area contributed by atoms with Crippen LogP contribution in [-0.4, -0.2) is 16.7 Å². The van der Waals surface area contributed by atoms with Gasteiger partial charge in [0.2, 0.25) is 0 Å². The highest BCUT2D eigenvalue weighted by Crippen LogP contribution is 2.18. The van der Waals surface area contributed by atoms with Crippen molar-refractivity contribution in [2.45, 2.75) is 26.4 Å². The molecule has 0 spiro atoms. The monoisotopic (exact) mass is 310 g/mol. The fourth-order valence-electron chi connectivity index (χ4n) is 1.78. The second-order valence-corrected chi connectivity index (χ2v) is 5.88. The highest BCUT2D eigenvalue weighted by atomic mass is 16.6. The Labute approximate surface area is 135 Å². The molecule has 118 valence electrons. The van der Waals surface area contributed by atoms with Crippen molar-refractivity contribution in [2.24, 2.45) is 0 Å². The largest absolute Gasteiger partial charge is 0.444 e. The Morgan fingerprint density at radius 3 is 2.61 bits per heavy atom. The first-order chi connectivity index (χ1) is 10.9. The first-order valence-corrected chi connectivity index (χ1v) is 7.09. The summed E-state index contributed by atoms with van der Waals surface area (Å²) in [5.41, 5.74) is 1.32. The third kappa shape index (κ3) is 5.32. The highest BCUT2D eigenvalue weighted by molar-refractivity contribution is 5.84. The predicted octanol–water partition coefficient (Wildman–Crippen LogP) is 4.04. The van der Waals surface area contributed by atoms with Gasteiger partial charge < -0.3 is 10.1 Å². The number of pyridine rings is 1. The average Bonchev–Trinajstić information content (AvgIpc) is 2.47. The molecule has 0 aliphatic rings. The van der Waals surface area contributed by atoms with Crippen LogP contribution in [-0.2, 0) is 4.74 Å². The fraction of sp³-hybridized carbons (Fsp3) is 0.235. The molecule has 0 saturated carbocycles. The summed E-state index contributed by atoms with van der Waals surface area (Å²) in [5.74, 6) is 0.606. The summed E-state index contributed by atoms with van der Waals surface area (Å²) in [4.78, 5) is 15.9. The first kappa shape index (κ1) is 16.3. The second-order valence-electron chi connectivity index (χ2n) is 5.88. The highest BCUT2D eigenvalue weighted by Gasteiger charge is 2.16. The van der Waals surface area contributed by atoms with Crippen molar-refractivity contribution in [3.05, 3.63) is 48.2 Å². The van der Waals surface area contributed by atoms with Crippen molar-refractivity contribution in [1.82, 2.24) is 4.98 Å². The van der Waals surface area contributed by atoms with Gasteiger partial charge in [-0.3, -0.25) is 5.32 Å². The van der Waals surface area contributed by atoms with Crippen LogP contribution < -0.4 is 10.6 Å². The molecular formula is C17H18N4O2. The zero-order valence-corrected chi connectivity index (χ0v) is 13.3. The summed E-state index contributed by atoms with van der Waals surface area (Å²) in [7, 11) is 0. The van der Waals surface area contributed by atoms with E-state index >= 15 is 0 Å². The van der Waals surface area contributed by atoms with E-state index in [4.69, 9.17) is 10.00 Å². The van der Waals surface area contributed by atoms with Gasteiger partial charge in [0.25, 0.3) is 0 Å². The van der Waals surface area contributed by atoms with Gasteiger partial charge in [0.1, 0.15) is 11.4 Å². The van der Waals surface area contributed by atoms with E-state index in [1.54, 1.807) is 51.1 Å². The molecule has 2 aromatic rings. The van der Waals surface area contributed by atoms with E-state index in [1.807, 2.05) is 6.07 Å². The average molecular weight is 310 g/mol. The Morgan fingerprint density at radius 2 is 2.00 bits per heavy atom. The van der Waals surface area contributed by atoms with Gasteiger partial charge in [0.15, 0.2) is 0 Å². The number of benzene rings is 1. The van der Waals surface area contributed by atoms with E-state index in [2.05, 4.69) is 21.7 Å². The second kappa shape index (κ2) is 6.79. The van der Waals surface area contributed by atoms with E-state index in [-0.39, 0.29) is 0 Å². The Balaban J connectivity index is 1.99. The Kier molecular flexibility index (Phi) is 4.82.